The molecule has 0 bridgehead atoms. The number of hydrogen-bond donors (Lipinski definition) is 1. The summed E-state index contributed by atoms with van der Waals surface area (Å²) in [7, 11) is 0. The second-order valence-electron chi connectivity index (χ2n) is 10.0. The number of carbonyl (C=O) groups is 2. The van der Waals surface area contributed by atoms with Crippen LogP contribution in [0.5, 0.6) is 11.5 Å². The molecule has 1 amide bonds. The minimum absolute atomic E-state index is 0.192. The first-order chi connectivity index (χ1) is 20.2. The van der Waals surface area contributed by atoms with E-state index in [1.807, 2.05) is 30.3 Å². The fourth-order valence-corrected chi connectivity index (χ4v) is 5.36. The van der Waals surface area contributed by atoms with E-state index < -0.39 is 24.5 Å². The van der Waals surface area contributed by atoms with Crippen molar-refractivity contribution in [1.82, 2.24) is 4.90 Å². The summed E-state index contributed by atoms with van der Waals surface area (Å²) in [6, 6.07) is 21.3. The molecule has 1 fully saturated rings. The van der Waals surface area contributed by atoms with Crippen molar-refractivity contribution in [3.63, 3.8) is 0 Å². The van der Waals surface area contributed by atoms with Gasteiger partial charge >= 0.3 is 5.97 Å². The number of aliphatic carboxylic acids is 1. The summed E-state index contributed by atoms with van der Waals surface area (Å²) < 4.78 is 32.1. The largest absolute Gasteiger partial charge is 0.489 e. The number of nitrogens with zero attached hydrogens (tertiary/aromatic N) is 1. The normalized spacial score (nSPS) is 15.0. The van der Waals surface area contributed by atoms with Gasteiger partial charge in [0.05, 0.1) is 18.1 Å². The first-order valence-electron chi connectivity index (χ1n) is 13.5. The summed E-state index contributed by atoms with van der Waals surface area (Å²) in [5, 5.41) is 9.14. The number of thiocarbonyl (C=S) groups is 1. The lowest BCUT2D eigenvalue weighted by molar-refractivity contribution is -0.140. The molecule has 42 heavy (non-hydrogen) atoms. The van der Waals surface area contributed by atoms with Gasteiger partial charge in [-0.15, -0.1) is 0 Å². The van der Waals surface area contributed by atoms with Crippen molar-refractivity contribution >= 4 is 46.3 Å². The van der Waals surface area contributed by atoms with E-state index in [0.717, 1.165) is 27.8 Å². The summed E-state index contributed by atoms with van der Waals surface area (Å²) in [5.74, 6) is -0.591. The molecule has 220 valence electrons. The number of thioether (sulfide) groups is 1. The van der Waals surface area contributed by atoms with Gasteiger partial charge in [-0.05, 0) is 52.9 Å². The maximum atomic E-state index is 13.3. The van der Waals surface area contributed by atoms with Crippen molar-refractivity contribution in [2.24, 2.45) is 5.92 Å². The zero-order valence-electron chi connectivity index (χ0n) is 23.3. The van der Waals surface area contributed by atoms with Gasteiger partial charge in [0.15, 0.2) is 11.5 Å². The molecule has 0 radical (unpaired) electrons. The Morgan fingerprint density at radius 2 is 1.79 bits per heavy atom. The van der Waals surface area contributed by atoms with Crippen LogP contribution < -0.4 is 9.47 Å². The van der Waals surface area contributed by atoms with E-state index in [-0.39, 0.29) is 10.1 Å². The Hall–Kier alpha value is -3.73. The predicted octanol–water partition coefficient (Wildman–Crippen LogP) is 6.53. The third-order valence-corrected chi connectivity index (χ3v) is 7.53. The number of carboxylic acids is 1. The maximum absolute atomic E-state index is 13.3. The highest BCUT2D eigenvalue weighted by Crippen LogP contribution is 2.36. The molecular formula is C32H32FNO6S2. The second kappa shape index (κ2) is 14.9. The molecule has 0 saturated carbocycles. The summed E-state index contributed by atoms with van der Waals surface area (Å²) in [5.41, 5.74) is 2.52. The number of benzene rings is 3. The molecule has 1 aliphatic heterocycles. The molecule has 1 aliphatic rings. The van der Waals surface area contributed by atoms with Crippen LogP contribution in [0.3, 0.4) is 0 Å². The van der Waals surface area contributed by atoms with Crippen molar-refractivity contribution < 1.29 is 33.3 Å². The fourth-order valence-electron chi connectivity index (χ4n) is 4.11. The summed E-state index contributed by atoms with van der Waals surface area (Å²) in [6.07, 6.45) is 1.78. The lowest BCUT2D eigenvalue weighted by Crippen LogP contribution is -2.33. The van der Waals surface area contributed by atoms with E-state index in [1.165, 1.54) is 12.1 Å². The van der Waals surface area contributed by atoms with Gasteiger partial charge < -0.3 is 19.3 Å². The zero-order chi connectivity index (χ0) is 30.1. The Labute approximate surface area is 254 Å². The molecule has 0 aromatic heterocycles. The van der Waals surface area contributed by atoms with Crippen molar-refractivity contribution in [3.05, 3.63) is 100 Å². The molecule has 3 aromatic rings. The number of carboxylic acid groups (broad SMARTS) is 1. The van der Waals surface area contributed by atoms with E-state index in [4.69, 9.17) is 31.5 Å². The van der Waals surface area contributed by atoms with Gasteiger partial charge in [0.25, 0.3) is 5.91 Å². The molecule has 1 heterocycles. The Balaban J connectivity index is 1.61. The van der Waals surface area contributed by atoms with Gasteiger partial charge in [0, 0.05) is 13.0 Å². The summed E-state index contributed by atoms with van der Waals surface area (Å²) in [4.78, 5) is 25.4. The molecule has 7 nitrogen and oxygen atoms in total. The molecule has 10 heteroatoms. The first kappa shape index (κ1) is 31.2. The standard InChI is InChI=1S/C32H32FNO6S2/c1-21(2)19-38-20-28(24-6-4-3-5-7-24)40-27-16-23(17-29-31(37)34(18-30(35)36)32(41)42-29)10-13-26(27)39-15-14-22-8-11-25(33)12-9-22/h3-13,16-17,21,28H,14-15,18-20H2,1-2H3,(H,35,36)/b29-17+. The van der Waals surface area contributed by atoms with E-state index in [0.29, 0.717) is 54.1 Å². The number of rotatable bonds is 14. The smallest absolute Gasteiger partial charge is 0.323 e. The van der Waals surface area contributed by atoms with E-state index in [9.17, 15) is 14.0 Å². The molecule has 1 unspecified atom stereocenters. The Morgan fingerprint density at radius 1 is 1.05 bits per heavy atom. The first-order valence-corrected chi connectivity index (χ1v) is 14.7. The molecular weight excluding hydrogens is 577 g/mol. The number of amides is 1. The van der Waals surface area contributed by atoms with Crippen molar-refractivity contribution in [1.29, 1.82) is 0 Å². The third kappa shape index (κ3) is 8.88. The Bertz CT molecular complexity index is 1430. The van der Waals surface area contributed by atoms with Crippen LogP contribution in [-0.2, 0) is 20.7 Å². The molecule has 4 rings (SSSR count). The van der Waals surface area contributed by atoms with E-state index in [2.05, 4.69) is 13.8 Å². The monoisotopic (exact) mass is 609 g/mol. The zero-order valence-corrected chi connectivity index (χ0v) is 25.0. The number of hydrogen-bond acceptors (Lipinski definition) is 7. The quantitative estimate of drug-likeness (QED) is 0.163. The maximum Gasteiger partial charge on any atom is 0.323 e. The Kier molecular flexibility index (Phi) is 11.1. The van der Waals surface area contributed by atoms with Gasteiger partial charge in [-0.25, -0.2) is 4.39 Å². The highest BCUT2D eigenvalue weighted by atomic mass is 32.2. The predicted molar refractivity (Wildman–Crippen MR) is 165 cm³/mol. The summed E-state index contributed by atoms with van der Waals surface area (Å²) >= 11 is 6.28. The molecule has 1 saturated heterocycles. The fraction of sp³-hybridized carbons (Fsp3) is 0.281. The van der Waals surface area contributed by atoms with Crippen molar-refractivity contribution in [2.75, 3.05) is 26.4 Å². The van der Waals surface area contributed by atoms with Gasteiger partial charge in [-0.1, -0.05) is 86.4 Å². The van der Waals surface area contributed by atoms with Crippen LogP contribution in [0.4, 0.5) is 4.39 Å². The van der Waals surface area contributed by atoms with Crippen LogP contribution in [0.25, 0.3) is 6.08 Å². The molecule has 1 N–H and O–H groups in total. The molecule has 0 spiro atoms. The van der Waals surface area contributed by atoms with E-state index in [1.54, 1.807) is 36.4 Å². The number of ether oxygens (including phenoxy) is 3. The van der Waals surface area contributed by atoms with Crippen molar-refractivity contribution in [2.45, 2.75) is 26.4 Å². The van der Waals surface area contributed by atoms with Gasteiger partial charge in [-0.2, -0.15) is 0 Å². The third-order valence-electron chi connectivity index (χ3n) is 6.16. The lowest BCUT2D eigenvalue weighted by atomic mass is 10.1. The lowest BCUT2D eigenvalue weighted by Gasteiger charge is -2.22. The Morgan fingerprint density at radius 3 is 2.48 bits per heavy atom. The highest BCUT2D eigenvalue weighted by molar-refractivity contribution is 8.26. The molecule has 1 atom stereocenters. The van der Waals surface area contributed by atoms with Gasteiger partial charge in [0.1, 0.15) is 22.8 Å². The van der Waals surface area contributed by atoms with Gasteiger partial charge in [-0.3, -0.25) is 14.5 Å². The SMILES string of the molecule is CC(C)COCC(Oc1cc(/C=C2/SC(=S)N(CC(=O)O)C2=O)ccc1OCCc1ccc(F)cc1)c1ccccc1. The summed E-state index contributed by atoms with van der Waals surface area (Å²) in [6.45, 7) is 4.88. The highest BCUT2D eigenvalue weighted by Gasteiger charge is 2.33. The molecule has 0 aliphatic carbocycles. The minimum atomic E-state index is -1.14. The second-order valence-corrected chi connectivity index (χ2v) is 11.7. The molecule has 3 aromatic carbocycles. The van der Waals surface area contributed by atoms with Crippen LogP contribution in [-0.4, -0.2) is 52.6 Å². The van der Waals surface area contributed by atoms with Crippen LogP contribution >= 0.6 is 24.0 Å². The number of carbonyl (C=O) groups excluding carboxylic acids is 1. The minimum Gasteiger partial charge on any atom is -0.489 e. The number of halogens is 1. The van der Waals surface area contributed by atoms with Crippen molar-refractivity contribution in [3.8, 4) is 11.5 Å². The van der Waals surface area contributed by atoms with Gasteiger partial charge in [0.2, 0.25) is 0 Å². The topological polar surface area (TPSA) is 85.3 Å². The van der Waals surface area contributed by atoms with Crippen LogP contribution in [0, 0.1) is 11.7 Å². The van der Waals surface area contributed by atoms with E-state index >= 15 is 0 Å². The average Bonchev–Trinajstić information content (AvgIpc) is 3.21. The average molecular weight is 610 g/mol. The van der Waals surface area contributed by atoms with Crippen LogP contribution in [0.15, 0.2) is 77.7 Å². The van der Waals surface area contributed by atoms with Crippen LogP contribution in [0.1, 0.15) is 36.6 Å². The van der Waals surface area contributed by atoms with Crippen LogP contribution in [0.2, 0.25) is 0 Å².